The molecule has 6 heteroatoms. The highest BCUT2D eigenvalue weighted by Crippen LogP contribution is 2.39. The lowest BCUT2D eigenvalue weighted by Gasteiger charge is -2.26. The van der Waals surface area contributed by atoms with E-state index in [1.165, 1.54) is 44.7 Å². The molecule has 1 saturated carbocycles. The lowest BCUT2D eigenvalue weighted by atomic mass is 9.80. The first-order chi connectivity index (χ1) is 19.4. The number of allylic oxidation sites excluding steroid dienone is 2. The third-order valence-electron chi connectivity index (χ3n) is 6.82. The summed E-state index contributed by atoms with van der Waals surface area (Å²) in [5, 5.41) is 11.0. The molecule has 2 heterocycles. The molecular formula is C34H51N5S. The first-order valence-electron chi connectivity index (χ1n) is 14.5. The summed E-state index contributed by atoms with van der Waals surface area (Å²) in [4.78, 5) is 10.8. The van der Waals surface area contributed by atoms with Crippen LogP contribution < -0.4 is 11.1 Å². The second kappa shape index (κ2) is 18.4. The minimum Gasteiger partial charge on any atom is -0.333 e. The molecule has 1 aromatic heterocycles. The highest BCUT2D eigenvalue weighted by molar-refractivity contribution is 8.10. The first-order valence-corrected chi connectivity index (χ1v) is 15.3. The van der Waals surface area contributed by atoms with Crippen LogP contribution in [0.4, 0.5) is 5.82 Å². The van der Waals surface area contributed by atoms with E-state index in [1.807, 2.05) is 33.1 Å². The molecule has 1 fully saturated rings. The molecule has 4 rings (SSSR count). The van der Waals surface area contributed by atoms with Crippen molar-refractivity contribution in [1.29, 1.82) is 5.41 Å². The molecule has 0 atom stereocenters. The van der Waals surface area contributed by atoms with Gasteiger partial charge in [-0.05, 0) is 80.8 Å². The summed E-state index contributed by atoms with van der Waals surface area (Å²) in [5.41, 5.74) is 10.4. The van der Waals surface area contributed by atoms with Crippen molar-refractivity contribution in [1.82, 2.24) is 4.98 Å². The number of thioether (sulfide) groups is 1. The van der Waals surface area contributed by atoms with Gasteiger partial charge < -0.3 is 16.5 Å². The van der Waals surface area contributed by atoms with E-state index in [-0.39, 0.29) is 5.41 Å². The van der Waals surface area contributed by atoms with Crippen molar-refractivity contribution in [3.8, 4) is 11.3 Å². The Morgan fingerprint density at radius 3 is 2.38 bits per heavy atom. The molecule has 2 aliphatic rings. The third kappa shape index (κ3) is 9.90. The summed E-state index contributed by atoms with van der Waals surface area (Å²) in [5.74, 6) is 2.47. The van der Waals surface area contributed by atoms with Gasteiger partial charge >= 0.3 is 0 Å². The molecule has 4 N–H and O–H groups in total. The summed E-state index contributed by atoms with van der Waals surface area (Å²) in [6, 6.07) is 11.2. The zero-order chi connectivity index (χ0) is 30.1. The van der Waals surface area contributed by atoms with Gasteiger partial charge in [-0.15, -0.1) is 0 Å². The number of aromatic nitrogens is 1. The maximum Gasteiger partial charge on any atom is 0.141 e. The van der Waals surface area contributed by atoms with Gasteiger partial charge in [-0.25, -0.2) is 9.98 Å². The molecule has 0 amide bonds. The Morgan fingerprint density at radius 2 is 1.82 bits per heavy atom. The summed E-state index contributed by atoms with van der Waals surface area (Å²) < 4.78 is 0. The molecule has 1 aliphatic carbocycles. The number of nitrogens with zero attached hydrogens (tertiary/aromatic N) is 2. The van der Waals surface area contributed by atoms with Gasteiger partial charge in [0.2, 0.25) is 0 Å². The number of fused-ring (bicyclic) bond motifs is 1. The number of hydrogen-bond donors (Lipinski definition) is 3. The van der Waals surface area contributed by atoms with E-state index in [0.29, 0.717) is 0 Å². The van der Waals surface area contributed by atoms with Crippen LogP contribution in [0.5, 0.6) is 0 Å². The Balaban J connectivity index is 0.00000125. The van der Waals surface area contributed by atoms with E-state index in [2.05, 4.69) is 91.9 Å². The number of benzene rings is 1. The van der Waals surface area contributed by atoms with Crippen molar-refractivity contribution in [2.45, 2.75) is 86.0 Å². The van der Waals surface area contributed by atoms with Crippen LogP contribution in [0.3, 0.4) is 0 Å². The quantitative estimate of drug-likeness (QED) is 0.266. The van der Waals surface area contributed by atoms with Crippen molar-refractivity contribution in [3.05, 3.63) is 77.0 Å². The van der Waals surface area contributed by atoms with Gasteiger partial charge in [0.15, 0.2) is 0 Å². The largest absolute Gasteiger partial charge is 0.333 e. The maximum atomic E-state index is 5.50. The maximum absolute atomic E-state index is 5.50. The standard InChI is InChI=1S/C30H37N3S.C2H6.CH5N.CH3N/c1-6-16-30(4,5)17-15-27-31-20-25-19-26(21(3)34-18-7-2)28(33-29(25)32-27)24-13-11-23(12-14-24)22-9-8-10-22;3*1-2/h7,11-15,18-20,22H,3,6,8-10,16-17H2,1-2,4-5H3,(H,32,33);1-2H3;2H2,1H3;2H,1H2/b18-7-,27-15-;;;. The molecule has 0 radical (unpaired) electrons. The van der Waals surface area contributed by atoms with Crippen LogP contribution in [0.2, 0.25) is 0 Å². The second-order valence-corrected chi connectivity index (χ2v) is 11.2. The summed E-state index contributed by atoms with van der Waals surface area (Å²) in [6.45, 7) is 19.8. The third-order valence-corrected chi connectivity index (χ3v) is 7.74. The van der Waals surface area contributed by atoms with Crippen molar-refractivity contribution >= 4 is 35.4 Å². The van der Waals surface area contributed by atoms with Gasteiger partial charge in [-0.1, -0.05) is 96.1 Å². The molecule has 40 heavy (non-hydrogen) atoms. The number of rotatable bonds is 9. The number of nitrogens with two attached hydrogens (primary N) is 1. The number of hydrogen-bond acceptors (Lipinski definition) is 6. The Morgan fingerprint density at radius 1 is 1.18 bits per heavy atom. The van der Waals surface area contributed by atoms with Crippen molar-refractivity contribution < 1.29 is 0 Å². The summed E-state index contributed by atoms with van der Waals surface area (Å²) in [7, 11) is 1.50. The van der Waals surface area contributed by atoms with Gasteiger partial charge in [-0.3, -0.25) is 0 Å². The molecule has 0 bridgehead atoms. The molecule has 1 aliphatic heterocycles. The van der Waals surface area contributed by atoms with Gasteiger partial charge in [0.1, 0.15) is 11.6 Å². The minimum absolute atomic E-state index is 0.269. The Labute approximate surface area is 248 Å². The van der Waals surface area contributed by atoms with Crippen LogP contribution in [0, 0.1) is 10.8 Å². The van der Waals surface area contributed by atoms with Crippen LogP contribution >= 0.6 is 11.8 Å². The number of pyridine rings is 1. The van der Waals surface area contributed by atoms with Gasteiger partial charge in [0.05, 0.1) is 5.69 Å². The lowest BCUT2D eigenvalue weighted by Crippen LogP contribution is -2.13. The molecule has 2 aromatic rings. The van der Waals surface area contributed by atoms with Crippen molar-refractivity contribution in [2.24, 2.45) is 16.1 Å². The molecule has 218 valence electrons. The molecule has 0 saturated heterocycles. The van der Waals surface area contributed by atoms with Gasteiger partial charge in [0, 0.05) is 27.8 Å². The normalized spacial score (nSPS) is 14.8. The molecular weight excluding hydrogens is 510 g/mol. The topological polar surface area (TPSA) is 87.2 Å². The van der Waals surface area contributed by atoms with Gasteiger partial charge in [-0.2, -0.15) is 0 Å². The number of aliphatic imine (C=N–C) groups is 1. The van der Waals surface area contributed by atoms with Crippen molar-refractivity contribution in [2.75, 3.05) is 12.4 Å². The van der Waals surface area contributed by atoms with E-state index in [1.54, 1.807) is 11.8 Å². The first kappa shape index (κ1) is 35.1. The van der Waals surface area contributed by atoms with E-state index >= 15 is 0 Å². The molecule has 1 aromatic carbocycles. The fraction of sp³-hybridized carbons (Fsp3) is 0.441. The molecule has 0 unspecified atom stereocenters. The van der Waals surface area contributed by atoms with E-state index in [0.717, 1.165) is 51.3 Å². The minimum atomic E-state index is 0.269. The van der Waals surface area contributed by atoms with E-state index < -0.39 is 0 Å². The number of nitrogens with one attached hydrogen (secondary N) is 2. The summed E-state index contributed by atoms with van der Waals surface area (Å²) >= 11 is 1.63. The average Bonchev–Trinajstić information content (AvgIpc) is 2.97. The summed E-state index contributed by atoms with van der Waals surface area (Å²) in [6.07, 6.45) is 13.5. The number of anilines is 1. The fourth-order valence-electron chi connectivity index (χ4n) is 4.58. The van der Waals surface area contributed by atoms with Crippen LogP contribution in [-0.4, -0.2) is 25.0 Å². The monoisotopic (exact) mass is 561 g/mol. The predicted molar refractivity (Wildman–Crippen MR) is 182 cm³/mol. The predicted octanol–water partition coefficient (Wildman–Crippen LogP) is 10.0. The SMILES string of the molecule is C=C(S/C=C\C)c1cc2c(nc1-c1ccc(C3CCC3)cc1)N/C(=C\CC(C)(C)CCC)N=C2.C=N.CC.CN. The average molecular weight is 562 g/mol. The molecule has 0 spiro atoms. The van der Waals surface area contributed by atoms with Crippen LogP contribution in [-0.2, 0) is 0 Å². The second-order valence-electron chi connectivity index (χ2n) is 10.2. The van der Waals surface area contributed by atoms with Crippen LogP contribution in [0.15, 0.2) is 65.3 Å². The highest BCUT2D eigenvalue weighted by atomic mass is 32.2. The highest BCUT2D eigenvalue weighted by Gasteiger charge is 2.21. The van der Waals surface area contributed by atoms with Crippen LogP contribution in [0.25, 0.3) is 16.2 Å². The lowest BCUT2D eigenvalue weighted by molar-refractivity contribution is 0.335. The van der Waals surface area contributed by atoms with Crippen molar-refractivity contribution in [3.63, 3.8) is 0 Å². The Hall–Kier alpha value is -2.96. The van der Waals surface area contributed by atoms with E-state index in [9.17, 15) is 0 Å². The zero-order valence-electron chi connectivity index (χ0n) is 25.8. The Kier molecular flexibility index (Phi) is 16.1. The smallest absolute Gasteiger partial charge is 0.141 e. The fourth-order valence-corrected chi connectivity index (χ4v) is 5.16. The van der Waals surface area contributed by atoms with E-state index in [4.69, 9.17) is 10.4 Å². The Bertz CT molecular complexity index is 1140. The van der Waals surface area contributed by atoms with Gasteiger partial charge in [0.25, 0.3) is 0 Å². The van der Waals surface area contributed by atoms with Crippen LogP contribution in [0.1, 0.15) is 103 Å². The zero-order valence-corrected chi connectivity index (χ0v) is 26.6. The molecule has 5 nitrogen and oxygen atoms in total.